The van der Waals surface area contributed by atoms with Crippen molar-refractivity contribution in [3.05, 3.63) is 29.8 Å². The number of likely N-dealkylation sites (N-methyl/N-ethyl adjacent to an activating group) is 1. The van der Waals surface area contributed by atoms with Gasteiger partial charge in [-0.2, -0.15) is 0 Å². The summed E-state index contributed by atoms with van der Waals surface area (Å²) in [4.78, 5) is 2.56. The van der Waals surface area contributed by atoms with Crippen molar-refractivity contribution in [3.63, 3.8) is 0 Å². The maximum Gasteiger partial charge on any atom is 0.124 e. The van der Waals surface area contributed by atoms with Crippen molar-refractivity contribution in [1.29, 1.82) is 0 Å². The van der Waals surface area contributed by atoms with Gasteiger partial charge in [0, 0.05) is 17.6 Å². The topological polar surface area (TPSA) is 33.7 Å². The van der Waals surface area contributed by atoms with Crippen molar-refractivity contribution in [3.8, 4) is 5.75 Å². The molecule has 0 saturated carbocycles. The van der Waals surface area contributed by atoms with Crippen LogP contribution in [0.3, 0.4) is 0 Å². The van der Waals surface area contributed by atoms with Gasteiger partial charge in [-0.25, -0.2) is 0 Å². The lowest BCUT2D eigenvalue weighted by atomic mass is 9.90. The predicted octanol–water partition coefficient (Wildman–Crippen LogP) is 2.21. The number of ether oxygens (including phenoxy) is 2. The Morgan fingerprint density at radius 1 is 1.33 bits per heavy atom. The fourth-order valence-electron chi connectivity index (χ4n) is 3.57. The van der Waals surface area contributed by atoms with E-state index in [9.17, 15) is 0 Å². The SMILES string of the molecule is CCNC1c2ccccc2OCC1N1CCOCC1(C)C. The van der Waals surface area contributed by atoms with Crippen LogP contribution in [-0.2, 0) is 4.74 Å². The molecule has 1 fully saturated rings. The van der Waals surface area contributed by atoms with E-state index in [0.717, 1.165) is 38.7 Å². The summed E-state index contributed by atoms with van der Waals surface area (Å²) in [7, 11) is 0. The molecule has 21 heavy (non-hydrogen) atoms. The summed E-state index contributed by atoms with van der Waals surface area (Å²) in [6.45, 7) is 10.9. The first kappa shape index (κ1) is 14.8. The summed E-state index contributed by atoms with van der Waals surface area (Å²) < 4.78 is 11.7. The van der Waals surface area contributed by atoms with E-state index in [0.29, 0.717) is 12.1 Å². The zero-order valence-electron chi connectivity index (χ0n) is 13.3. The molecule has 0 aliphatic carbocycles. The largest absolute Gasteiger partial charge is 0.492 e. The number of hydrogen-bond acceptors (Lipinski definition) is 4. The minimum absolute atomic E-state index is 0.0478. The number of morpholine rings is 1. The molecule has 116 valence electrons. The lowest BCUT2D eigenvalue weighted by Crippen LogP contribution is -2.62. The van der Waals surface area contributed by atoms with Crippen LogP contribution >= 0.6 is 0 Å². The molecule has 2 heterocycles. The van der Waals surface area contributed by atoms with Gasteiger partial charge in [0.2, 0.25) is 0 Å². The van der Waals surface area contributed by atoms with Crippen LogP contribution in [0.25, 0.3) is 0 Å². The highest BCUT2D eigenvalue weighted by Crippen LogP contribution is 2.37. The Morgan fingerprint density at radius 2 is 2.14 bits per heavy atom. The summed E-state index contributed by atoms with van der Waals surface area (Å²) in [5, 5.41) is 3.66. The van der Waals surface area contributed by atoms with E-state index < -0.39 is 0 Å². The minimum atomic E-state index is 0.0478. The number of rotatable bonds is 3. The van der Waals surface area contributed by atoms with Crippen molar-refractivity contribution >= 4 is 0 Å². The van der Waals surface area contributed by atoms with Crippen molar-refractivity contribution in [2.75, 3.05) is 32.9 Å². The van der Waals surface area contributed by atoms with Gasteiger partial charge in [0.1, 0.15) is 12.4 Å². The lowest BCUT2D eigenvalue weighted by Gasteiger charge is -2.50. The molecule has 1 N–H and O–H groups in total. The molecule has 0 aromatic heterocycles. The molecule has 4 heteroatoms. The third-order valence-corrected chi connectivity index (χ3v) is 4.58. The Bertz CT molecular complexity index is 489. The van der Waals surface area contributed by atoms with Crippen LogP contribution in [0.1, 0.15) is 32.4 Å². The molecular formula is C17H26N2O2. The maximum atomic E-state index is 6.04. The molecule has 0 bridgehead atoms. The Balaban J connectivity index is 1.91. The van der Waals surface area contributed by atoms with Crippen LogP contribution in [0.2, 0.25) is 0 Å². The number of para-hydroxylation sites is 1. The van der Waals surface area contributed by atoms with E-state index in [1.165, 1.54) is 5.56 Å². The van der Waals surface area contributed by atoms with Gasteiger partial charge in [-0.3, -0.25) is 4.90 Å². The fourth-order valence-corrected chi connectivity index (χ4v) is 3.57. The molecule has 1 aromatic rings. The van der Waals surface area contributed by atoms with Gasteiger partial charge < -0.3 is 14.8 Å². The van der Waals surface area contributed by atoms with Crippen molar-refractivity contribution < 1.29 is 9.47 Å². The van der Waals surface area contributed by atoms with Crippen molar-refractivity contribution in [2.24, 2.45) is 0 Å². The molecule has 0 radical (unpaired) electrons. The van der Waals surface area contributed by atoms with Gasteiger partial charge in [0.15, 0.2) is 0 Å². The Kier molecular flexibility index (Phi) is 4.20. The average molecular weight is 290 g/mol. The summed E-state index contributed by atoms with van der Waals surface area (Å²) >= 11 is 0. The molecular weight excluding hydrogens is 264 g/mol. The second-order valence-electron chi connectivity index (χ2n) is 6.51. The van der Waals surface area contributed by atoms with Crippen molar-refractivity contribution in [2.45, 2.75) is 38.4 Å². The molecule has 0 amide bonds. The Hall–Kier alpha value is -1.10. The quantitative estimate of drug-likeness (QED) is 0.925. The molecule has 2 atom stereocenters. The molecule has 4 nitrogen and oxygen atoms in total. The zero-order valence-corrected chi connectivity index (χ0v) is 13.3. The second-order valence-corrected chi connectivity index (χ2v) is 6.51. The molecule has 1 aromatic carbocycles. The van der Waals surface area contributed by atoms with E-state index >= 15 is 0 Å². The number of nitrogens with one attached hydrogen (secondary N) is 1. The predicted molar refractivity (Wildman–Crippen MR) is 83.7 cm³/mol. The normalized spacial score (nSPS) is 28.7. The van der Waals surface area contributed by atoms with Gasteiger partial charge in [0.05, 0.1) is 25.3 Å². The van der Waals surface area contributed by atoms with E-state index in [4.69, 9.17) is 9.47 Å². The smallest absolute Gasteiger partial charge is 0.124 e. The minimum Gasteiger partial charge on any atom is -0.492 e. The van der Waals surface area contributed by atoms with E-state index in [-0.39, 0.29) is 5.54 Å². The van der Waals surface area contributed by atoms with Crippen LogP contribution in [0.4, 0.5) is 0 Å². The zero-order chi connectivity index (χ0) is 14.9. The summed E-state index contributed by atoms with van der Waals surface area (Å²) in [5.74, 6) is 1.02. The number of benzene rings is 1. The van der Waals surface area contributed by atoms with E-state index in [1.54, 1.807) is 0 Å². The van der Waals surface area contributed by atoms with Gasteiger partial charge in [-0.15, -0.1) is 0 Å². The van der Waals surface area contributed by atoms with Crippen LogP contribution in [0.5, 0.6) is 5.75 Å². The van der Waals surface area contributed by atoms with Crippen LogP contribution in [0.15, 0.2) is 24.3 Å². The Labute approximate surface area is 127 Å². The molecule has 2 aliphatic rings. The van der Waals surface area contributed by atoms with Gasteiger partial charge >= 0.3 is 0 Å². The highest BCUT2D eigenvalue weighted by atomic mass is 16.5. The first-order valence-corrected chi connectivity index (χ1v) is 7.93. The highest BCUT2D eigenvalue weighted by molar-refractivity contribution is 5.39. The number of fused-ring (bicyclic) bond motifs is 1. The van der Waals surface area contributed by atoms with Gasteiger partial charge in [-0.1, -0.05) is 25.1 Å². The summed E-state index contributed by atoms with van der Waals surface area (Å²) in [6, 6.07) is 9.05. The molecule has 3 rings (SSSR count). The molecule has 2 unspecified atom stereocenters. The summed E-state index contributed by atoms with van der Waals surface area (Å²) in [6.07, 6.45) is 0. The monoisotopic (exact) mass is 290 g/mol. The second kappa shape index (κ2) is 5.95. The van der Waals surface area contributed by atoms with E-state index in [1.807, 2.05) is 6.07 Å². The van der Waals surface area contributed by atoms with Crippen LogP contribution < -0.4 is 10.1 Å². The molecule has 0 spiro atoms. The number of hydrogen-bond donors (Lipinski definition) is 1. The molecule has 1 saturated heterocycles. The third kappa shape index (κ3) is 2.80. The standard InChI is InChI=1S/C17H26N2O2/c1-4-18-16-13-7-5-6-8-15(13)21-11-14(16)19-9-10-20-12-17(19,2)3/h5-8,14,16,18H,4,9-12H2,1-3H3. The first-order chi connectivity index (χ1) is 10.1. The maximum absolute atomic E-state index is 6.04. The van der Waals surface area contributed by atoms with Crippen LogP contribution in [-0.4, -0.2) is 49.4 Å². The van der Waals surface area contributed by atoms with Crippen molar-refractivity contribution in [1.82, 2.24) is 10.2 Å². The number of nitrogens with zero attached hydrogens (tertiary/aromatic N) is 1. The highest BCUT2D eigenvalue weighted by Gasteiger charge is 2.42. The van der Waals surface area contributed by atoms with Gasteiger partial charge in [0.25, 0.3) is 0 Å². The van der Waals surface area contributed by atoms with Crippen LogP contribution in [0, 0.1) is 0 Å². The average Bonchev–Trinajstić information content (AvgIpc) is 2.48. The lowest BCUT2D eigenvalue weighted by molar-refractivity contribution is -0.0896. The first-order valence-electron chi connectivity index (χ1n) is 7.93. The van der Waals surface area contributed by atoms with Gasteiger partial charge in [-0.05, 0) is 26.5 Å². The molecule has 2 aliphatic heterocycles. The fraction of sp³-hybridized carbons (Fsp3) is 0.647. The third-order valence-electron chi connectivity index (χ3n) is 4.58. The summed E-state index contributed by atoms with van der Waals surface area (Å²) in [5.41, 5.74) is 1.32. The van der Waals surface area contributed by atoms with E-state index in [2.05, 4.69) is 49.2 Å². The Morgan fingerprint density at radius 3 is 2.90 bits per heavy atom.